The van der Waals surface area contributed by atoms with Crippen LogP contribution in [0.15, 0.2) is 22.7 Å². The van der Waals surface area contributed by atoms with Crippen molar-refractivity contribution in [2.45, 2.75) is 25.8 Å². The molecular formula is C13H13BrN2O3. The number of hydrogen-bond donors (Lipinski definition) is 1. The van der Waals surface area contributed by atoms with Crippen molar-refractivity contribution in [1.29, 1.82) is 0 Å². The van der Waals surface area contributed by atoms with Crippen LogP contribution in [0.3, 0.4) is 0 Å². The Morgan fingerprint density at radius 2 is 2.32 bits per heavy atom. The number of carbonyl (C=O) groups excluding carboxylic acids is 1. The Kier molecular flexibility index (Phi) is 5.52. The molecule has 0 fully saturated rings. The van der Waals surface area contributed by atoms with Gasteiger partial charge >= 0.3 is 0 Å². The number of halogens is 1. The van der Waals surface area contributed by atoms with Gasteiger partial charge < -0.3 is 5.32 Å². The molecule has 1 aromatic carbocycles. The lowest BCUT2D eigenvalue weighted by molar-refractivity contribution is -0.384. The Labute approximate surface area is 119 Å². The highest BCUT2D eigenvalue weighted by atomic mass is 79.9. The lowest BCUT2D eigenvalue weighted by Crippen LogP contribution is -2.34. The van der Waals surface area contributed by atoms with Crippen LogP contribution >= 0.6 is 15.9 Å². The van der Waals surface area contributed by atoms with E-state index in [9.17, 15) is 14.9 Å². The Hall–Kier alpha value is -1.87. The highest BCUT2D eigenvalue weighted by Gasteiger charge is 2.17. The number of nitro groups is 1. The summed E-state index contributed by atoms with van der Waals surface area (Å²) >= 11 is 3.21. The second-order valence-electron chi connectivity index (χ2n) is 3.91. The molecule has 1 rings (SSSR count). The van der Waals surface area contributed by atoms with Gasteiger partial charge in [-0.25, -0.2) is 0 Å². The molecule has 0 saturated heterocycles. The maximum Gasteiger partial charge on any atom is 0.270 e. The van der Waals surface area contributed by atoms with Crippen LogP contribution in [0.2, 0.25) is 0 Å². The summed E-state index contributed by atoms with van der Waals surface area (Å²) in [7, 11) is 0. The summed E-state index contributed by atoms with van der Waals surface area (Å²) in [5, 5.41) is 13.5. The number of rotatable bonds is 5. The average molecular weight is 325 g/mol. The van der Waals surface area contributed by atoms with Gasteiger partial charge in [0.05, 0.1) is 10.5 Å². The lowest BCUT2D eigenvalue weighted by atomic mass is 10.1. The first-order valence-corrected chi connectivity index (χ1v) is 6.47. The van der Waals surface area contributed by atoms with Crippen LogP contribution in [-0.4, -0.2) is 16.9 Å². The number of benzene rings is 1. The fourth-order valence-corrected chi connectivity index (χ4v) is 1.93. The van der Waals surface area contributed by atoms with Crippen molar-refractivity contribution in [1.82, 2.24) is 5.32 Å². The van der Waals surface area contributed by atoms with Crippen LogP contribution in [0.1, 0.15) is 30.1 Å². The van der Waals surface area contributed by atoms with E-state index in [1.807, 2.05) is 6.92 Å². The zero-order valence-corrected chi connectivity index (χ0v) is 11.9. The minimum atomic E-state index is -0.540. The van der Waals surface area contributed by atoms with Gasteiger partial charge in [-0.05, 0) is 28.4 Å². The summed E-state index contributed by atoms with van der Waals surface area (Å²) in [6.45, 7) is 1.91. The van der Waals surface area contributed by atoms with Crippen molar-refractivity contribution in [3.05, 3.63) is 38.3 Å². The fraction of sp³-hybridized carbons (Fsp3) is 0.308. The number of hydrogen-bond acceptors (Lipinski definition) is 3. The summed E-state index contributed by atoms with van der Waals surface area (Å²) in [5.41, 5.74) is 0.100. The van der Waals surface area contributed by atoms with E-state index in [-0.39, 0.29) is 23.2 Å². The number of terminal acetylenes is 1. The molecule has 1 aromatic rings. The van der Waals surface area contributed by atoms with Gasteiger partial charge in [0.2, 0.25) is 0 Å². The van der Waals surface area contributed by atoms with E-state index >= 15 is 0 Å². The van der Waals surface area contributed by atoms with Crippen LogP contribution in [0, 0.1) is 22.5 Å². The molecule has 1 N–H and O–H groups in total. The Bertz CT molecular complexity index is 537. The molecule has 5 nitrogen and oxygen atoms in total. The number of nitro benzene ring substituents is 1. The highest BCUT2D eigenvalue weighted by Crippen LogP contribution is 2.22. The lowest BCUT2D eigenvalue weighted by Gasteiger charge is -2.14. The zero-order valence-electron chi connectivity index (χ0n) is 10.4. The molecule has 0 aliphatic heterocycles. The van der Waals surface area contributed by atoms with Gasteiger partial charge in [0.25, 0.3) is 11.6 Å². The van der Waals surface area contributed by atoms with E-state index in [4.69, 9.17) is 6.42 Å². The minimum Gasteiger partial charge on any atom is -0.348 e. The summed E-state index contributed by atoms with van der Waals surface area (Å²) in [4.78, 5) is 22.2. The van der Waals surface area contributed by atoms with Crippen molar-refractivity contribution in [3.63, 3.8) is 0 Å². The van der Waals surface area contributed by atoms with Gasteiger partial charge in [-0.2, -0.15) is 0 Å². The van der Waals surface area contributed by atoms with Crippen molar-refractivity contribution in [3.8, 4) is 12.3 Å². The molecule has 1 unspecified atom stereocenters. The van der Waals surface area contributed by atoms with E-state index in [1.165, 1.54) is 18.2 Å². The molecule has 6 heteroatoms. The third-order valence-electron chi connectivity index (χ3n) is 2.60. The van der Waals surface area contributed by atoms with E-state index < -0.39 is 4.92 Å². The predicted octanol–water partition coefficient (Wildman–Crippen LogP) is 2.89. The highest BCUT2D eigenvalue weighted by molar-refractivity contribution is 9.10. The molecule has 1 atom stereocenters. The van der Waals surface area contributed by atoms with Crippen LogP contribution in [-0.2, 0) is 0 Å². The first-order chi connectivity index (χ1) is 8.99. The fourth-order valence-electron chi connectivity index (χ4n) is 1.50. The van der Waals surface area contributed by atoms with Crippen LogP contribution < -0.4 is 5.32 Å². The number of nitrogens with one attached hydrogen (secondary N) is 1. The summed E-state index contributed by atoms with van der Waals surface area (Å²) < 4.78 is 0.506. The average Bonchev–Trinajstić information content (AvgIpc) is 2.38. The van der Waals surface area contributed by atoms with E-state index in [2.05, 4.69) is 27.2 Å². The van der Waals surface area contributed by atoms with Crippen molar-refractivity contribution < 1.29 is 9.72 Å². The van der Waals surface area contributed by atoms with Crippen molar-refractivity contribution in [2.24, 2.45) is 0 Å². The molecule has 0 radical (unpaired) electrons. The van der Waals surface area contributed by atoms with Gasteiger partial charge in [0, 0.05) is 29.1 Å². The Morgan fingerprint density at radius 3 is 2.84 bits per heavy atom. The van der Waals surface area contributed by atoms with Crippen LogP contribution in [0.4, 0.5) is 5.69 Å². The number of nitrogens with zero attached hydrogens (tertiary/aromatic N) is 1. The normalized spacial score (nSPS) is 11.4. The summed E-state index contributed by atoms with van der Waals surface area (Å²) in [6.07, 6.45) is 6.34. The first-order valence-electron chi connectivity index (χ1n) is 5.67. The molecule has 0 bridgehead atoms. The standard InChI is InChI=1S/C13H13BrN2O3/c1-3-5-9(4-2)15-13(17)11-8-10(16(18)19)6-7-12(11)14/h1,6-9H,4-5H2,2H3,(H,15,17). The maximum absolute atomic E-state index is 12.1. The van der Waals surface area contributed by atoms with Crippen LogP contribution in [0.25, 0.3) is 0 Å². The molecule has 0 saturated carbocycles. The first kappa shape index (κ1) is 15.2. The van der Waals surface area contributed by atoms with Gasteiger partial charge in [-0.3, -0.25) is 14.9 Å². The molecular weight excluding hydrogens is 312 g/mol. The number of amides is 1. The zero-order chi connectivity index (χ0) is 14.4. The predicted molar refractivity (Wildman–Crippen MR) is 75.8 cm³/mol. The molecule has 0 spiro atoms. The number of carbonyl (C=O) groups is 1. The summed E-state index contributed by atoms with van der Waals surface area (Å²) in [5.74, 6) is 2.11. The third-order valence-corrected chi connectivity index (χ3v) is 3.29. The topological polar surface area (TPSA) is 72.2 Å². The molecule has 0 aliphatic rings. The monoisotopic (exact) mass is 324 g/mol. The molecule has 100 valence electrons. The van der Waals surface area contributed by atoms with Gasteiger partial charge in [0.15, 0.2) is 0 Å². The maximum atomic E-state index is 12.1. The quantitative estimate of drug-likeness (QED) is 0.514. The van der Waals surface area contributed by atoms with Crippen molar-refractivity contribution >= 4 is 27.5 Å². The number of non-ortho nitro benzene ring substituents is 1. The Morgan fingerprint density at radius 1 is 1.63 bits per heavy atom. The van der Waals surface area contributed by atoms with Gasteiger partial charge in [-0.15, -0.1) is 12.3 Å². The SMILES string of the molecule is C#CCC(CC)NC(=O)c1cc([N+](=O)[O-])ccc1Br. The minimum absolute atomic E-state index is 0.127. The Balaban J connectivity index is 2.96. The van der Waals surface area contributed by atoms with Crippen molar-refractivity contribution in [2.75, 3.05) is 0 Å². The van der Waals surface area contributed by atoms with Crippen LogP contribution in [0.5, 0.6) is 0 Å². The molecule has 1 amide bonds. The van der Waals surface area contributed by atoms with Gasteiger partial charge in [-0.1, -0.05) is 6.92 Å². The summed E-state index contributed by atoms with van der Waals surface area (Å²) in [6, 6.07) is 3.92. The smallest absolute Gasteiger partial charge is 0.270 e. The third kappa shape index (κ3) is 4.07. The van der Waals surface area contributed by atoms with E-state index in [0.29, 0.717) is 17.3 Å². The molecule has 0 aliphatic carbocycles. The van der Waals surface area contributed by atoms with Gasteiger partial charge in [0.1, 0.15) is 0 Å². The molecule has 0 heterocycles. The second kappa shape index (κ2) is 6.90. The second-order valence-corrected chi connectivity index (χ2v) is 4.76. The van der Waals surface area contributed by atoms with E-state index in [0.717, 1.165) is 0 Å². The molecule has 0 aromatic heterocycles. The molecule has 19 heavy (non-hydrogen) atoms. The van der Waals surface area contributed by atoms with E-state index in [1.54, 1.807) is 0 Å². The largest absolute Gasteiger partial charge is 0.348 e.